The fraction of sp³-hybridized carbons (Fsp3) is 0.765. The Labute approximate surface area is 126 Å². The van der Waals surface area contributed by atoms with Crippen molar-refractivity contribution in [1.29, 1.82) is 0 Å². The number of carbonyl (C=O) groups excluding carboxylic acids is 2. The molecule has 1 saturated carbocycles. The number of carbonyl (C=O) groups is 2. The molecular weight excluding hydrogens is 268 g/mol. The molecule has 0 aromatic heterocycles. The molecule has 0 radical (unpaired) electrons. The van der Waals surface area contributed by atoms with Crippen LogP contribution in [0.15, 0.2) is 12.2 Å². The number of hydrogen-bond donors (Lipinski definition) is 0. The molecule has 2 aliphatic carbocycles. The van der Waals surface area contributed by atoms with Gasteiger partial charge in [-0.1, -0.05) is 38.8 Å². The fourth-order valence-corrected chi connectivity index (χ4v) is 3.27. The van der Waals surface area contributed by atoms with E-state index in [1.165, 1.54) is 0 Å². The zero-order valence-electron chi connectivity index (χ0n) is 13.1. The van der Waals surface area contributed by atoms with Crippen LogP contribution in [0.1, 0.15) is 52.4 Å². The summed E-state index contributed by atoms with van der Waals surface area (Å²) in [7, 11) is 0. The average molecular weight is 294 g/mol. The second kappa shape index (κ2) is 7.10. The Morgan fingerprint density at radius 3 is 2.43 bits per heavy atom. The summed E-state index contributed by atoms with van der Waals surface area (Å²) in [5.41, 5.74) is -0.762. The molecule has 2 rings (SSSR count). The van der Waals surface area contributed by atoms with E-state index >= 15 is 0 Å². The summed E-state index contributed by atoms with van der Waals surface area (Å²) < 4.78 is 10.7. The lowest BCUT2D eigenvalue weighted by Gasteiger charge is -2.28. The van der Waals surface area contributed by atoms with Crippen LogP contribution in [0.25, 0.3) is 0 Å². The highest BCUT2D eigenvalue weighted by molar-refractivity contribution is 5.89. The largest absolute Gasteiger partial charge is 0.465 e. The van der Waals surface area contributed by atoms with E-state index in [0.29, 0.717) is 32.0 Å². The molecule has 0 amide bonds. The maximum Gasteiger partial charge on any atom is 0.316 e. The highest BCUT2D eigenvalue weighted by Crippen LogP contribution is 2.54. The van der Waals surface area contributed by atoms with Crippen molar-refractivity contribution < 1.29 is 19.1 Å². The minimum Gasteiger partial charge on any atom is -0.465 e. The third kappa shape index (κ3) is 3.30. The SMILES string of the molecule is CCCCOC(=O)C1CC2C=CC1(C(=O)OCCCC)C2. The Kier molecular flexibility index (Phi) is 5.43. The predicted molar refractivity (Wildman–Crippen MR) is 79.5 cm³/mol. The van der Waals surface area contributed by atoms with Gasteiger partial charge in [0.05, 0.1) is 24.5 Å². The van der Waals surface area contributed by atoms with E-state index in [2.05, 4.69) is 19.9 Å². The summed E-state index contributed by atoms with van der Waals surface area (Å²) in [5, 5.41) is 0. The Bertz CT molecular complexity index is 415. The van der Waals surface area contributed by atoms with Crippen LogP contribution < -0.4 is 0 Å². The molecule has 0 saturated heterocycles. The van der Waals surface area contributed by atoms with Gasteiger partial charge in [0.1, 0.15) is 0 Å². The van der Waals surface area contributed by atoms with Crippen molar-refractivity contribution in [2.75, 3.05) is 13.2 Å². The maximum atomic E-state index is 12.5. The van der Waals surface area contributed by atoms with E-state index in [1.54, 1.807) is 0 Å². The third-order valence-corrected chi connectivity index (χ3v) is 4.56. The zero-order chi connectivity index (χ0) is 15.3. The first kappa shape index (κ1) is 16.1. The zero-order valence-corrected chi connectivity index (χ0v) is 13.1. The van der Waals surface area contributed by atoms with Crippen LogP contribution >= 0.6 is 0 Å². The Hall–Kier alpha value is -1.32. The molecular formula is C17H26O4. The number of hydrogen-bond acceptors (Lipinski definition) is 4. The van der Waals surface area contributed by atoms with E-state index in [-0.39, 0.29) is 17.9 Å². The lowest BCUT2D eigenvalue weighted by Crippen LogP contribution is -2.39. The first-order valence-corrected chi connectivity index (χ1v) is 8.17. The number of fused-ring (bicyclic) bond motifs is 2. The van der Waals surface area contributed by atoms with Gasteiger partial charge in [-0.15, -0.1) is 0 Å². The molecule has 0 aromatic carbocycles. The molecule has 3 unspecified atom stereocenters. The van der Waals surface area contributed by atoms with Gasteiger partial charge in [-0.05, 0) is 31.6 Å². The van der Waals surface area contributed by atoms with Crippen molar-refractivity contribution in [3.63, 3.8) is 0 Å². The van der Waals surface area contributed by atoms with Gasteiger partial charge in [-0.3, -0.25) is 9.59 Å². The van der Waals surface area contributed by atoms with Gasteiger partial charge in [0.25, 0.3) is 0 Å². The van der Waals surface area contributed by atoms with Gasteiger partial charge < -0.3 is 9.47 Å². The van der Waals surface area contributed by atoms with Gasteiger partial charge in [0.2, 0.25) is 0 Å². The Morgan fingerprint density at radius 2 is 1.81 bits per heavy atom. The van der Waals surface area contributed by atoms with Gasteiger partial charge in [-0.2, -0.15) is 0 Å². The molecule has 0 aliphatic heterocycles. The molecule has 0 heterocycles. The molecule has 2 aliphatic rings. The first-order chi connectivity index (χ1) is 10.1. The van der Waals surface area contributed by atoms with Gasteiger partial charge in [0, 0.05) is 0 Å². The smallest absolute Gasteiger partial charge is 0.316 e. The monoisotopic (exact) mass is 294 g/mol. The topological polar surface area (TPSA) is 52.6 Å². The quantitative estimate of drug-likeness (QED) is 0.392. The van der Waals surface area contributed by atoms with Crippen LogP contribution in [0.2, 0.25) is 0 Å². The molecule has 118 valence electrons. The van der Waals surface area contributed by atoms with E-state index < -0.39 is 5.41 Å². The molecule has 4 heteroatoms. The van der Waals surface area contributed by atoms with Crippen LogP contribution in [0.5, 0.6) is 0 Å². The van der Waals surface area contributed by atoms with E-state index in [0.717, 1.165) is 25.7 Å². The molecule has 4 nitrogen and oxygen atoms in total. The summed E-state index contributed by atoms with van der Waals surface area (Å²) in [6, 6.07) is 0. The first-order valence-electron chi connectivity index (χ1n) is 8.17. The highest BCUT2D eigenvalue weighted by Gasteiger charge is 2.58. The normalized spacial score (nSPS) is 29.6. The maximum absolute atomic E-state index is 12.5. The summed E-state index contributed by atoms with van der Waals surface area (Å²) in [6.45, 7) is 5.00. The summed E-state index contributed by atoms with van der Waals surface area (Å²) in [5.74, 6) is -0.529. The lowest BCUT2D eigenvalue weighted by molar-refractivity contribution is -0.164. The van der Waals surface area contributed by atoms with Crippen LogP contribution in [0.4, 0.5) is 0 Å². The average Bonchev–Trinajstić information content (AvgIpc) is 3.07. The predicted octanol–water partition coefficient (Wildman–Crippen LogP) is 3.26. The van der Waals surface area contributed by atoms with Gasteiger partial charge >= 0.3 is 11.9 Å². The molecule has 3 atom stereocenters. The molecule has 0 aromatic rings. The van der Waals surface area contributed by atoms with Crippen molar-refractivity contribution in [1.82, 2.24) is 0 Å². The minimum atomic E-state index is -0.762. The van der Waals surface area contributed by atoms with Crippen molar-refractivity contribution in [3.8, 4) is 0 Å². The van der Waals surface area contributed by atoms with E-state index in [4.69, 9.17) is 9.47 Å². The molecule has 21 heavy (non-hydrogen) atoms. The highest BCUT2D eigenvalue weighted by atomic mass is 16.5. The Balaban J connectivity index is 1.99. The second-order valence-electron chi connectivity index (χ2n) is 6.16. The third-order valence-electron chi connectivity index (χ3n) is 4.56. The van der Waals surface area contributed by atoms with Gasteiger partial charge in [0.15, 0.2) is 0 Å². The van der Waals surface area contributed by atoms with E-state index in [9.17, 15) is 9.59 Å². The van der Waals surface area contributed by atoms with Crippen molar-refractivity contribution in [2.24, 2.45) is 17.3 Å². The fourth-order valence-electron chi connectivity index (χ4n) is 3.27. The number of esters is 2. The number of ether oxygens (including phenoxy) is 2. The number of unbranched alkanes of at least 4 members (excludes halogenated alkanes) is 2. The summed E-state index contributed by atoms with van der Waals surface area (Å²) in [4.78, 5) is 24.7. The van der Waals surface area contributed by atoms with E-state index in [1.807, 2.05) is 6.08 Å². The standard InChI is InChI=1S/C17H26O4/c1-3-5-9-20-15(18)14-11-13-7-8-17(14,12-13)16(19)21-10-6-4-2/h7-8,13-14H,3-6,9-12H2,1-2H3. The van der Waals surface area contributed by atoms with Crippen LogP contribution in [-0.4, -0.2) is 25.2 Å². The van der Waals surface area contributed by atoms with Crippen molar-refractivity contribution in [2.45, 2.75) is 52.4 Å². The summed E-state index contributed by atoms with van der Waals surface area (Å²) >= 11 is 0. The lowest BCUT2D eigenvalue weighted by atomic mass is 9.78. The molecule has 0 N–H and O–H groups in total. The van der Waals surface area contributed by atoms with Crippen LogP contribution in [0.3, 0.4) is 0 Å². The van der Waals surface area contributed by atoms with Crippen molar-refractivity contribution >= 4 is 11.9 Å². The van der Waals surface area contributed by atoms with Gasteiger partial charge in [-0.25, -0.2) is 0 Å². The second-order valence-corrected chi connectivity index (χ2v) is 6.16. The number of rotatable bonds is 8. The minimum absolute atomic E-state index is 0.234. The molecule has 2 bridgehead atoms. The van der Waals surface area contributed by atoms with Crippen LogP contribution in [0, 0.1) is 17.3 Å². The number of allylic oxidation sites excluding steroid dienone is 1. The van der Waals surface area contributed by atoms with Crippen molar-refractivity contribution in [3.05, 3.63) is 12.2 Å². The summed E-state index contributed by atoms with van der Waals surface area (Å²) in [6.07, 6.45) is 9.06. The van der Waals surface area contributed by atoms with Crippen LogP contribution in [-0.2, 0) is 19.1 Å². The molecule has 0 spiro atoms. The Morgan fingerprint density at radius 1 is 1.14 bits per heavy atom. The molecule has 1 fully saturated rings.